The smallest absolute Gasteiger partial charge is 0.305 e. The van der Waals surface area contributed by atoms with Gasteiger partial charge in [-0.3, -0.25) is 4.79 Å². The first kappa shape index (κ1) is 18.0. The number of halogens is 2. The van der Waals surface area contributed by atoms with Gasteiger partial charge in [-0.2, -0.15) is 0 Å². The topological polar surface area (TPSA) is 26.3 Å². The van der Waals surface area contributed by atoms with Gasteiger partial charge in [0.15, 0.2) is 0 Å². The minimum absolute atomic E-state index is 0. The molecular weight excluding hydrogens is 199 g/mol. The molecule has 0 saturated carbocycles. The maximum absolute atomic E-state index is 10.7. The molecule has 0 radical (unpaired) electrons. The molecule has 0 bridgehead atoms. The molecule has 0 aromatic carbocycles. The van der Waals surface area contributed by atoms with Crippen molar-refractivity contribution in [3.8, 4) is 0 Å². The normalized spacial score (nSPS) is 8.33. The molecule has 0 fully saturated rings. The largest absolute Gasteiger partial charge is 0.466 e. The van der Waals surface area contributed by atoms with E-state index in [2.05, 4.69) is 13.8 Å². The summed E-state index contributed by atoms with van der Waals surface area (Å²) in [6.45, 7) is 6.52. The maximum atomic E-state index is 10.7. The van der Waals surface area contributed by atoms with Crippen LogP contribution in [0, 0.1) is 5.92 Å². The molecule has 0 unspecified atom stereocenters. The molecule has 12 heavy (non-hydrogen) atoms. The Morgan fingerprint density at radius 1 is 1.33 bits per heavy atom. The Bertz CT molecular complexity index is 105. The van der Waals surface area contributed by atoms with E-state index in [0.717, 1.165) is 6.42 Å². The lowest BCUT2D eigenvalue weighted by Gasteiger charge is -2.03. The van der Waals surface area contributed by atoms with Crippen LogP contribution in [0.5, 0.6) is 0 Å². The van der Waals surface area contributed by atoms with Crippen LogP contribution in [0.15, 0.2) is 0 Å². The molecule has 4 heteroatoms. The Hall–Kier alpha value is 0.0500. The fourth-order valence-electron chi connectivity index (χ4n) is 0.640. The monoisotopic (exact) mass is 216 g/mol. The molecule has 0 heterocycles. The van der Waals surface area contributed by atoms with Crippen LogP contribution in [0.25, 0.3) is 0 Å². The second kappa shape index (κ2) is 11.1. The molecule has 0 spiro atoms. The number of esters is 1. The van der Waals surface area contributed by atoms with Crippen molar-refractivity contribution in [3.63, 3.8) is 0 Å². The number of carbonyl (C=O) groups is 1. The van der Waals surface area contributed by atoms with Gasteiger partial charge in [-0.05, 0) is 19.3 Å². The van der Waals surface area contributed by atoms with E-state index in [1.165, 1.54) is 0 Å². The zero-order valence-corrected chi connectivity index (χ0v) is 9.46. The summed E-state index contributed by atoms with van der Waals surface area (Å²) in [7, 11) is 0. The maximum Gasteiger partial charge on any atom is 0.305 e. The Balaban J connectivity index is -0.000000405. The van der Waals surface area contributed by atoms with E-state index in [9.17, 15) is 4.79 Å². The molecule has 0 aliphatic carbocycles. The predicted molar refractivity (Wildman–Crippen MR) is 55.2 cm³/mol. The van der Waals surface area contributed by atoms with E-state index in [4.69, 9.17) is 4.74 Å². The molecular formula is C8H18Cl2O2. The second-order valence-corrected chi connectivity index (χ2v) is 2.74. The van der Waals surface area contributed by atoms with Gasteiger partial charge >= 0.3 is 5.97 Å². The van der Waals surface area contributed by atoms with Crippen LogP contribution < -0.4 is 0 Å². The summed E-state index contributed by atoms with van der Waals surface area (Å²) in [6.07, 6.45) is 1.49. The summed E-state index contributed by atoms with van der Waals surface area (Å²) < 4.78 is 4.75. The van der Waals surface area contributed by atoms with E-state index in [0.29, 0.717) is 18.9 Å². The molecule has 2 nitrogen and oxygen atoms in total. The Morgan fingerprint density at radius 2 is 1.83 bits per heavy atom. The molecule has 0 aromatic rings. The van der Waals surface area contributed by atoms with Crippen LogP contribution >= 0.6 is 24.8 Å². The number of ether oxygens (including phenoxy) is 1. The molecule has 0 aromatic heterocycles. The van der Waals surface area contributed by atoms with Gasteiger partial charge in [0.2, 0.25) is 0 Å². The fourth-order valence-corrected chi connectivity index (χ4v) is 0.640. The van der Waals surface area contributed by atoms with Crippen molar-refractivity contribution in [1.29, 1.82) is 0 Å². The molecule has 0 saturated heterocycles. The fraction of sp³-hybridized carbons (Fsp3) is 0.875. The second-order valence-electron chi connectivity index (χ2n) is 2.74. The minimum atomic E-state index is -0.0730. The third kappa shape index (κ3) is 12.7. The van der Waals surface area contributed by atoms with Gasteiger partial charge in [-0.15, -0.1) is 24.8 Å². The van der Waals surface area contributed by atoms with Crippen LogP contribution in [-0.2, 0) is 9.53 Å². The van der Waals surface area contributed by atoms with Gasteiger partial charge in [0, 0.05) is 6.42 Å². The highest BCUT2D eigenvalue weighted by molar-refractivity contribution is 5.85. The van der Waals surface area contributed by atoms with Crippen molar-refractivity contribution in [2.24, 2.45) is 5.92 Å². The van der Waals surface area contributed by atoms with Crippen LogP contribution in [0.2, 0.25) is 0 Å². The van der Waals surface area contributed by atoms with Crippen LogP contribution in [0.4, 0.5) is 0 Å². The van der Waals surface area contributed by atoms with Gasteiger partial charge in [0.05, 0.1) is 6.61 Å². The molecule has 0 rings (SSSR count). The molecule has 0 aliphatic rings. The van der Waals surface area contributed by atoms with E-state index in [1.807, 2.05) is 6.92 Å². The highest BCUT2D eigenvalue weighted by Crippen LogP contribution is 2.03. The van der Waals surface area contributed by atoms with Crippen molar-refractivity contribution in [2.45, 2.75) is 33.6 Å². The Labute approximate surface area is 86.9 Å². The number of rotatable bonds is 4. The summed E-state index contributed by atoms with van der Waals surface area (Å²) in [5.41, 5.74) is 0. The van der Waals surface area contributed by atoms with Crippen molar-refractivity contribution in [3.05, 3.63) is 0 Å². The van der Waals surface area contributed by atoms with Crippen LogP contribution in [0.1, 0.15) is 33.6 Å². The third-order valence-corrected chi connectivity index (χ3v) is 1.23. The molecule has 0 amide bonds. The average molecular weight is 217 g/mol. The van der Waals surface area contributed by atoms with E-state index in [1.54, 1.807) is 0 Å². The van der Waals surface area contributed by atoms with Crippen molar-refractivity contribution < 1.29 is 9.53 Å². The predicted octanol–water partition coefficient (Wildman–Crippen LogP) is 2.83. The quantitative estimate of drug-likeness (QED) is 0.677. The van der Waals surface area contributed by atoms with Gasteiger partial charge in [-0.1, -0.05) is 13.8 Å². The van der Waals surface area contributed by atoms with Gasteiger partial charge in [0.1, 0.15) is 0 Å². The number of carbonyl (C=O) groups excluding carboxylic acids is 1. The number of hydrogen-bond donors (Lipinski definition) is 0. The Morgan fingerprint density at radius 3 is 2.17 bits per heavy atom. The summed E-state index contributed by atoms with van der Waals surface area (Å²) in [5.74, 6) is 0.514. The zero-order valence-electron chi connectivity index (χ0n) is 7.83. The van der Waals surface area contributed by atoms with Gasteiger partial charge < -0.3 is 4.74 Å². The summed E-state index contributed by atoms with van der Waals surface area (Å²) >= 11 is 0. The highest BCUT2D eigenvalue weighted by atomic mass is 35.5. The van der Waals surface area contributed by atoms with Crippen molar-refractivity contribution in [1.82, 2.24) is 0 Å². The lowest BCUT2D eigenvalue weighted by atomic mass is 10.1. The highest BCUT2D eigenvalue weighted by Gasteiger charge is 2.02. The molecule has 0 atom stereocenters. The first-order chi connectivity index (χ1) is 4.66. The van der Waals surface area contributed by atoms with Gasteiger partial charge in [0.25, 0.3) is 0 Å². The van der Waals surface area contributed by atoms with E-state index >= 15 is 0 Å². The van der Waals surface area contributed by atoms with Crippen LogP contribution in [-0.4, -0.2) is 12.6 Å². The zero-order chi connectivity index (χ0) is 7.98. The van der Waals surface area contributed by atoms with E-state index < -0.39 is 0 Å². The molecule has 0 aliphatic heterocycles. The van der Waals surface area contributed by atoms with Crippen LogP contribution in [0.3, 0.4) is 0 Å². The lowest BCUT2D eigenvalue weighted by molar-refractivity contribution is -0.143. The minimum Gasteiger partial charge on any atom is -0.466 e. The third-order valence-electron chi connectivity index (χ3n) is 1.23. The summed E-state index contributed by atoms with van der Waals surface area (Å²) in [6, 6.07) is 0. The standard InChI is InChI=1S/C8H16O2.2ClH/c1-4-10-8(9)6-5-7(2)3;;/h7H,4-6H2,1-3H3;2*1H. The van der Waals surface area contributed by atoms with Crippen molar-refractivity contribution >= 4 is 30.8 Å². The van der Waals surface area contributed by atoms with Gasteiger partial charge in [-0.25, -0.2) is 0 Å². The molecule has 76 valence electrons. The first-order valence-corrected chi connectivity index (χ1v) is 3.82. The summed E-state index contributed by atoms with van der Waals surface area (Å²) in [4.78, 5) is 10.7. The van der Waals surface area contributed by atoms with E-state index in [-0.39, 0.29) is 30.8 Å². The SMILES string of the molecule is CCOC(=O)CCC(C)C.Cl.Cl. The lowest BCUT2D eigenvalue weighted by Crippen LogP contribution is -2.04. The van der Waals surface area contributed by atoms with Crippen molar-refractivity contribution in [2.75, 3.05) is 6.61 Å². The summed E-state index contributed by atoms with van der Waals surface area (Å²) in [5, 5.41) is 0. The molecule has 0 N–H and O–H groups in total. The first-order valence-electron chi connectivity index (χ1n) is 3.82. The Kier molecular flexibility index (Phi) is 16.5. The number of hydrogen-bond acceptors (Lipinski definition) is 2. The average Bonchev–Trinajstić information content (AvgIpc) is 1.85.